The van der Waals surface area contributed by atoms with Gasteiger partial charge in [0.05, 0.1) is 12.4 Å². The Morgan fingerprint density at radius 1 is 1.38 bits per heavy atom. The standard InChI is InChI=1S/C11H18N4O/c1-5-13-9-7-12-6-8(14-9)10(16)15-11(2,3)4/h6-7H,5H2,1-4H3,(H,13,14)(H,15,16). The third-order valence-corrected chi connectivity index (χ3v) is 1.71. The van der Waals surface area contributed by atoms with Crippen LogP contribution in [-0.2, 0) is 0 Å². The molecule has 1 amide bonds. The van der Waals surface area contributed by atoms with Gasteiger partial charge in [0.2, 0.25) is 0 Å². The summed E-state index contributed by atoms with van der Waals surface area (Å²) in [6, 6.07) is 0. The second-order valence-corrected chi connectivity index (χ2v) is 4.52. The molecule has 0 radical (unpaired) electrons. The van der Waals surface area contributed by atoms with Gasteiger partial charge in [-0.15, -0.1) is 0 Å². The first kappa shape index (κ1) is 12.4. The zero-order chi connectivity index (χ0) is 12.2. The van der Waals surface area contributed by atoms with Crippen LogP contribution in [0.1, 0.15) is 38.2 Å². The maximum atomic E-state index is 11.8. The lowest BCUT2D eigenvalue weighted by Crippen LogP contribution is -2.41. The molecule has 0 saturated carbocycles. The van der Waals surface area contributed by atoms with E-state index >= 15 is 0 Å². The molecule has 0 aliphatic carbocycles. The number of aromatic nitrogens is 2. The Morgan fingerprint density at radius 3 is 2.62 bits per heavy atom. The van der Waals surface area contributed by atoms with Crippen LogP contribution in [0.2, 0.25) is 0 Å². The summed E-state index contributed by atoms with van der Waals surface area (Å²) >= 11 is 0. The zero-order valence-corrected chi connectivity index (χ0v) is 10.2. The van der Waals surface area contributed by atoms with E-state index in [0.29, 0.717) is 11.5 Å². The second kappa shape index (κ2) is 4.92. The fraction of sp³-hybridized carbons (Fsp3) is 0.545. The number of anilines is 1. The van der Waals surface area contributed by atoms with Crippen molar-refractivity contribution in [2.45, 2.75) is 33.2 Å². The lowest BCUT2D eigenvalue weighted by Gasteiger charge is -2.20. The Labute approximate surface area is 95.7 Å². The van der Waals surface area contributed by atoms with Crippen molar-refractivity contribution in [2.75, 3.05) is 11.9 Å². The highest BCUT2D eigenvalue weighted by Crippen LogP contribution is 2.04. The molecule has 5 nitrogen and oxygen atoms in total. The van der Waals surface area contributed by atoms with Gasteiger partial charge in [-0.2, -0.15) is 0 Å². The van der Waals surface area contributed by atoms with E-state index in [1.54, 1.807) is 6.20 Å². The van der Waals surface area contributed by atoms with Crippen molar-refractivity contribution in [1.82, 2.24) is 15.3 Å². The molecule has 0 unspecified atom stereocenters. The molecule has 1 heterocycles. The summed E-state index contributed by atoms with van der Waals surface area (Å²) in [5, 5.41) is 5.85. The molecule has 1 aromatic heterocycles. The molecule has 0 saturated heterocycles. The molecule has 0 aromatic carbocycles. The maximum Gasteiger partial charge on any atom is 0.271 e. The van der Waals surface area contributed by atoms with Gasteiger partial charge in [-0.1, -0.05) is 0 Å². The average Bonchev–Trinajstić information content (AvgIpc) is 2.16. The molecule has 0 aliphatic heterocycles. The highest BCUT2D eigenvalue weighted by Gasteiger charge is 2.16. The Hall–Kier alpha value is -1.65. The summed E-state index contributed by atoms with van der Waals surface area (Å²) in [6.07, 6.45) is 3.05. The van der Waals surface area contributed by atoms with Crippen molar-refractivity contribution < 1.29 is 4.79 Å². The summed E-state index contributed by atoms with van der Waals surface area (Å²) in [5.41, 5.74) is 0.0563. The van der Waals surface area contributed by atoms with Crippen LogP contribution in [0.3, 0.4) is 0 Å². The van der Waals surface area contributed by atoms with Gasteiger partial charge in [0, 0.05) is 12.1 Å². The van der Waals surface area contributed by atoms with Crippen LogP contribution in [0.15, 0.2) is 12.4 Å². The quantitative estimate of drug-likeness (QED) is 0.812. The van der Waals surface area contributed by atoms with Gasteiger partial charge in [-0.25, -0.2) is 4.98 Å². The van der Waals surface area contributed by atoms with Crippen molar-refractivity contribution in [3.63, 3.8) is 0 Å². The van der Waals surface area contributed by atoms with E-state index in [9.17, 15) is 4.79 Å². The number of carbonyl (C=O) groups excluding carboxylic acids is 1. The van der Waals surface area contributed by atoms with Gasteiger partial charge in [0.15, 0.2) is 0 Å². The van der Waals surface area contributed by atoms with Gasteiger partial charge < -0.3 is 10.6 Å². The minimum atomic E-state index is -0.271. The molecule has 0 atom stereocenters. The van der Waals surface area contributed by atoms with Crippen LogP contribution in [0.25, 0.3) is 0 Å². The van der Waals surface area contributed by atoms with Gasteiger partial charge >= 0.3 is 0 Å². The lowest BCUT2D eigenvalue weighted by atomic mass is 10.1. The van der Waals surface area contributed by atoms with Gasteiger partial charge in [0.25, 0.3) is 5.91 Å². The first-order valence-electron chi connectivity index (χ1n) is 5.31. The van der Waals surface area contributed by atoms with Crippen molar-refractivity contribution in [1.29, 1.82) is 0 Å². The minimum absolute atomic E-state index is 0.209. The fourth-order valence-corrected chi connectivity index (χ4v) is 1.15. The van der Waals surface area contributed by atoms with Crippen molar-refractivity contribution in [3.8, 4) is 0 Å². The van der Waals surface area contributed by atoms with E-state index in [-0.39, 0.29) is 11.4 Å². The predicted molar refractivity (Wildman–Crippen MR) is 63.4 cm³/mol. The monoisotopic (exact) mass is 222 g/mol. The van der Waals surface area contributed by atoms with Crippen LogP contribution >= 0.6 is 0 Å². The van der Waals surface area contributed by atoms with E-state index in [1.807, 2.05) is 27.7 Å². The van der Waals surface area contributed by atoms with Gasteiger partial charge in [0.1, 0.15) is 11.5 Å². The fourth-order valence-electron chi connectivity index (χ4n) is 1.15. The maximum absolute atomic E-state index is 11.8. The number of rotatable bonds is 3. The Morgan fingerprint density at radius 2 is 2.06 bits per heavy atom. The number of amides is 1. The van der Waals surface area contributed by atoms with Gasteiger partial charge in [-0.05, 0) is 27.7 Å². The molecule has 1 aromatic rings. The Kier molecular flexibility index (Phi) is 3.82. The third-order valence-electron chi connectivity index (χ3n) is 1.71. The van der Waals surface area contributed by atoms with Crippen LogP contribution in [-0.4, -0.2) is 28.0 Å². The third kappa shape index (κ3) is 3.84. The molecule has 1 rings (SSSR count). The van der Waals surface area contributed by atoms with Crippen molar-refractivity contribution >= 4 is 11.7 Å². The van der Waals surface area contributed by atoms with E-state index < -0.39 is 0 Å². The summed E-state index contributed by atoms with van der Waals surface area (Å²) < 4.78 is 0. The summed E-state index contributed by atoms with van der Waals surface area (Å²) in [6.45, 7) is 8.48. The highest BCUT2D eigenvalue weighted by atomic mass is 16.2. The molecule has 16 heavy (non-hydrogen) atoms. The Balaban J connectivity index is 2.79. The number of nitrogens with one attached hydrogen (secondary N) is 2. The minimum Gasteiger partial charge on any atom is -0.369 e. The van der Waals surface area contributed by atoms with Crippen LogP contribution in [0.4, 0.5) is 5.82 Å². The molecular formula is C11H18N4O. The molecule has 5 heteroatoms. The molecule has 0 spiro atoms. The molecule has 2 N–H and O–H groups in total. The second-order valence-electron chi connectivity index (χ2n) is 4.52. The zero-order valence-electron chi connectivity index (χ0n) is 10.2. The predicted octanol–water partition coefficient (Wildman–Crippen LogP) is 1.44. The largest absolute Gasteiger partial charge is 0.369 e. The summed E-state index contributed by atoms with van der Waals surface area (Å²) in [7, 11) is 0. The smallest absolute Gasteiger partial charge is 0.271 e. The van der Waals surface area contributed by atoms with Crippen LogP contribution < -0.4 is 10.6 Å². The molecule has 0 bridgehead atoms. The first-order valence-corrected chi connectivity index (χ1v) is 5.31. The van der Waals surface area contributed by atoms with E-state index in [2.05, 4.69) is 20.6 Å². The topological polar surface area (TPSA) is 66.9 Å². The normalized spacial score (nSPS) is 11.0. The molecule has 88 valence electrons. The van der Waals surface area contributed by atoms with Crippen molar-refractivity contribution in [3.05, 3.63) is 18.1 Å². The van der Waals surface area contributed by atoms with E-state index in [4.69, 9.17) is 0 Å². The molecule has 0 fully saturated rings. The van der Waals surface area contributed by atoms with Crippen LogP contribution in [0, 0.1) is 0 Å². The van der Waals surface area contributed by atoms with E-state index in [0.717, 1.165) is 6.54 Å². The highest BCUT2D eigenvalue weighted by molar-refractivity contribution is 5.92. The average molecular weight is 222 g/mol. The summed E-state index contributed by atoms with van der Waals surface area (Å²) in [5.74, 6) is 0.406. The summed E-state index contributed by atoms with van der Waals surface area (Å²) in [4.78, 5) is 19.9. The lowest BCUT2D eigenvalue weighted by molar-refractivity contribution is 0.0914. The molecular weight excluding hydrogens is 204 g/mol. The van der Waals surface area contributed by atoms with Gasteiger partial charge in [-0.3, -0.25) is 9.78 Å². The van der Waals surface area contributed by atoms with E-state index in [1.165, 1.54) is 6.20 Å². The SMILES string of the molecule is CCNc1cncc(C(=O)NC(C)(C)C)n1. The van der Waals surface area contributed by atoms with Crippen LogP contribution in [0.5, 0.6) is 0 Å². The number of hydrogen-bond donors (Lipinski definition) is 2. The molecule has 0 aliphatic rings. The Bertz CT molecular complexity index is 370. The number of carbonyl (C=O) groups is 1. The number of hydrogen-bond acceptors (Lipinski definition) is 4. The van der Waals surface area contributed by atoms with Crippen molar-refractivity contribution in [2.24, 2.45) is 0 Å². The first-order chi connectivity index (χ1) is 7.42. The number of nitrogens with zero attached hydrogens (tertiary/aromatic N) is 2.